The maximum absolute atomic E-state index is 13.8. The Morgan fingerprint density at radius 2 is 1.92 bits per heavy atom. The minimum atomic E-state index is -0.664. The number of hydrogen-bond donors (Lipinski definition) is 3. The summed E-state index contributed by atoms with van der Waals surface area (Å²) in [5, 5.41) is 9.91. The van der Waals surface area contributed by atoms with Crippen LogP contribution in [0.2, 0.25) is 5.02 Å². The van der Waals surface area contributed by atoms with Crippen LogP contribution in [0.4, 0.5) is 20.7 Å². The highest BCUT2D eigenvalue weighted by molar-refractivity contribution is 9.11. The maximum Gasteiger partial charge on any atom is 0.324 e. The van der Waals surface area contributed by atoms with Gasteiger partial charge in [0.15, 0.2) is 3.92 Å². The van der Waals surface area contributed by atoms with Crippen molar-refractivity contribution in [3.8, 4) is 17.2 Å². The van der Waals surface area contributed by atoms with E-state index in [0.717, 1.165) is 15.7 Å². The second-order valence-corrected chi connectivity index (χ2v) is 9.85. The topological polar surface area (TPSA) is 114 Å². The number of ether oxygens (including phenoxy) is 2. The first-order chi connectivity index (χ1) is 17.8. The van der Waals surface area contributed by atoms with E-state index < -0.39 is 17.8 Å². The summed E-state index contributed by atoms with van der Waals surface area (Å²) in [6, 6.07) is 11.2. The molecule has 13 heteroatoms. The highest BCUT2D eigenvalue weighted by atomic mass is 79.9. The highest BCUT2D eigenvalue weighted by Crippen LogP contribution is 2.29. The van der Waals surface area contributed by atoms with Crippen LogP contribution in [0.25, 0.3) is 0 Å². The van der Waals surface area contributed by atoms with Gasteiger partial charge in [-0.2, -0.15) is 0 Å². The van der Waals surface area contributed by atoms with Crippen molar-refractivity contribution in [1.82, 2.24) is 15.3 Å². The first-order valence-corrected chi connectivity index (χ1v) is 12.6. The summed E-state index contributed by atoms with van der Waals surface area (Å²) < 4.78 is 25.9. The fourth-order valence-corrected chi connectivity index (χ4v) is 4.20. The van der Waals surface area contributed by atoms with Crippen LogP contribution in [0.15, 0.2) is 64.0 Å². The number of rotatable bonds is 8. The number of pyridine rings is 1. The molecule has 4 aromatic rings. The Hall–Kier alpha value is -3.74. The normalized spacial score (nSPS) is 10.5. The number of thiazole rings is 1. The standard InChI is InChI=1S/C24H18BrClFN5O4S/c1-28-22(33)17-9-15(3-6-19(17)27)36-16-4-7-21(29-10-16)32-24(34)31-13-2-5-18(26)20(8-13)35-11-14-12-37-23(25)30-14/h2-10,12H,11H2,1H3,(H,28,33)(H2,29,31,32,34). The van der Waals surface area contributed by atoms with Crippen molar-refractivity contribution >= 4 is 62.3 Å². The molecule has 0 radical (unpaired) electrons. The number of carbonyl (C=O) groups is 2. The molecule has 9 nitrogen and oxygen atoms in total. The molecule has 2 aromatic heterocycles. The van der Waals surface area contributed by atoms with E-state index in [4.69, 9.17) is 21.1 Å². The molecule has 0 aliphatic rings. The molecule has 3 amide bonds. The lowest BCUT2D eigenvalue weighted by Crippen LogP contribution is -2.20. The Bertz CT molecular complexity index is 1440. The number of amides is 3. The fourth-order valence-electron chi connectivity index (χ4n) is 3.00. The monoisotopic (exact) mass is 605 g/mol. The average molecular weight is 607 g/mol. The molecule has 2 heterocycles. The van der Waals surface area contributed by atoms with E-state index in [9.17, 15) is 14.0 Å². The fraction of sp³-hybridized carbons (Fsp3) is 0.0833. The summed E-state index contributed by atoms with van der Waals surface area (Å²) in [6.07, 6.45) is 1.38. The molecule has 0 unspecified atom stereocenters. The lowest BCUT2D eigenvalue weighted by Gasteiger charge is -2.11. The second-order valence-electron chi connectivity index (χ2n) is 7.31. The smallest absolute Gasteiger partial charge is 0.324 e. The van der Waals surface area contributed by atoms with Crippen LogP contribution in [0.1, 0.15) is 16.1 Å². The van der Waals surface area contributed by atoms with Gasteiger partial charge in [0.2, 0.25) is 0 Å². The summed E-state index contributed by atoms with van der Waals surface area (Å²) in [5.41, 5.74) is 1.06. The molecule has 0 saturated heterocycles. The van der Waals surface area contributed by atoms with E-state index in [1.54, 1.807) is 24.3 Å². The minimum absolute atomic E-state index is 0.144. The van der Waals surface area contributed by atoms with E-state index >= 15 is 0 Å². The van der Waals surface area contributed by atoms with E-state index in [0.29, 0.717) is 22.2 Å². The Morgan fingerprint density at radius 3 is 2.62 bits per heavy atom. The van der Waals surface area contributed by atoms with Gasteiger partial charge in [-0.1, -0.05) is 11.6 Å². The Labute approximate surface area is 228 Å². The van der Waals surface area contributed by atoms with E-state index in [2.05, 4.69) is 41.8 Å². The molecule has 4 rings (SSSR count). The van der Waals surface area contributed by atoms with Crippen LogP contribution < -0.4 is 25.4 Å². The van der Waals surface area contributed by atoms with Crippen molar-refractivity contribution in [2.75, 3.05) is 17.7 Å². The summed E-state index contributed by atoms with van der Waals surface area (Å²) in [7, 11) is 1.41. The third kappa shape index (κ3) is 7.15. The van der Waals surface area contributed by atoms with Crippen molar-refractivity contribution in [3.05, 3.63) is 86.1 Å². The highest BCUT2D eigenvalue weighted by Gasteiger charge is 2.13. The summed E-state index contributed by atoms with van der Waals surface area (Å²) >= 11 is 11.0. The predicted molar refractivity (Wildman–Crippen MR) is 142 cm³/mol. The number of carbonyl (C=O) groups excluding carboxylic acids is 2. The number of nitrogens with zero attached hydrogens (tertiary/aromatic N) is 2. The first kappa shape index (κ1) is 26.3. The van der Waals surface area contributed by atoms with Crippen molar-refractivity contribution in [1.29, 1.82) is 0 Å². The SMILES string of the molecule is CNC(=O)c1cc(Oc2ccc(NC(=O)Nc3ccc(Cl)c(OCc4csc(Br)n4)c3)nc2)ccc1F. The number of anilines is 2. The molecule has 0 saturated carbocycles. The summed E-state index contributed by atoms with van der Waals surface area (Å²) in [4.78, 5) is 32.6. The summed E-state index contributed by atoms with van der Waals surface area (Å²) in [6.45, 7) is 0.223. The molecular formula is C24H18BrClFN5O4S. The molecule has 0 spiro atoms. The van der Waals surface area contributed by atoms with Crippen LogP contribution in [0.3, 0.4) is 0 Å². The molecular weight excluding hydrogens is 589 g/mol. The van der Waals surface area contributed by atoms with Crippen LogP contribution >= 0.6 is 38.9 Å². The number of urea groups is 1. The Balaban J connectivity index is 1.34. The number of halogens is 3. The zero-order chi connectivity index (χ0) is 26.4. The predicted octanol–water partition coefficient (Wildman–Crippen LogP) is 6.47. The quantitative estimate of drug-likeness (QED) is 0.212. The van der Waals surface area contributed by atoms with Crippen molar-refractivity contribution in [2.45, 2.75) is 6.61 Å². The molecule has 2 aromatic carbocycles. The van der Waals surface area contributed by atoms with Gasteiger partial charge in [0.25, 0.3) is 5.91 Å². The number of benzene rings is 2. The van der Waals surface area contributed by atoms with Gasteiger partial charge in [-0.3, -0.25) is 10.1 Å². The molecule has 190 valence electrons. The lowest BCUT2D eigenvalue weighted by atomic mass is 10.2. The average Bonchev–Trinajstić information content (AvgIpc) is 3.31. The van der Waals surface area contributed by atoms with Gasteiger partial charge in [-0.05, 0) is 58.4 Å². The zero-order valence-electron chi connectivity index (χ0n) is 19.1. The molecule has 0 aliphatic carbocycles. The molecule has 0 bridgehead atoms. The maximum atomic E-state index is 13.8. The van der Waals surface area contributed by atoms with Crippen LogP contribution in [0, 0.1) is 5.82 Å². The Morgan fingerprint density at radius 1 is 1.11 bits per heavy atom. The number of aromatic nitrogens is 2. The molecule has 0 fully saturated rings. The summed E-state index contributed by atoms with van der Waals surface area (Å²) in [5.74, 6) is -0.00480. The lowest BCUT2D eigenvalue weighted by molar-refractivity contribution is 0.0958. The second kappa shape index (κ2) is 12.0. The number of nitrogens with one attached hydrogen (secondary N) is 3. The van der Waals surface area contributed by atoms with Crippen LogP contribution in [-0.4, -0.2) is 29.0 Å². The molecule has 3 N–H and O–H groups in total. The third-order valence-electron chi connectivity index (χ3n) is 4.71. The molecule has 0 aliphatic heterocycles. The zero-order valence-corrected chi connectivity index (χ0v) is 22.2. The van der Waals surface area contributed by atoms with Gasteiger partial charge in [-0.25, -0.2) is 19.2 Å². The van der Waals surface area contributed by atoms with Gasteiger partial charge in [0, 0.05) is 24.2 Å². The van der Waals surface area contributed by atoms with Gasteiger partial charge in [0.1, 0.15) is 35.5 Å². The number of hydrogen-bond acceptors (Lipinski definition) is 7. The van der Waals surface area contributed by atoms with Crippen molar-refractivity contribution in [3.63, 3.8) is 0 Å². The van der Waals surface area contributed by atoms with E-state index in [1.165, 1.54) is 42.8 Å². The van der Waals surface area contributed by atoms with Gasteiger partial charge < -0.3 is 20.1 Å². The van der Waals surface area contributed by atoms with Crippen molar-refractivity contribution < 1.29 is 23.5 Å². The van der Waals surface area contributed by atoms with Crippen LogP contribution in [-0.2, 0) is 6.61 Å². The van der Waals surface area contributed by atoms with E-state index in [1.807, 2.05) is 5.38 Å². The van der Waals surface area contributed by atoms with Crippen LogP contribution in [0.5, 0.6) is 17.2 Å². The molecule has 0 atom stereocenters. The first-order valence-electron chi connectivity index (χ1n) is 10.6. The van der Waals surface area contributed by atoms with Crippen molar-refractivity contribution in [2.24, 2.45) is 0 Å². The molecule has 37 heavy (non-hydrogen) atoms. The van der Waals surface area contributed by atoms with Gasteiger partial charge >= 0.3 is 6.03 Å². The third-order valence-corrected chi connectivity index (χ3v) is 6.44. The minimum Gasteiger partial charge on any atom is -0.486 e. The van der Waals surface area contributed by atoms with Gasteiger partial charge in [0.05, 0.1) is 22.5 Å². The van der Waals surface area contributed by atoms with Gasteiger partial charge in [-0.15, -0.1) is 11.3 Å². The van der Waals surface area contributed by atoms with E-state index in [-0.39, 0.29) is 23.7 Å². The Kier molecular flexibility index (Phi) is 8.54. The largest absolute Gasteiger partial charge is 0.486 e.